The van der Waals surface area contributed by atoms with Crippen molar-refractivity contribution in [2.24, 2.45) is 11.3 Å². The second-order valence-electron chi connectivity index (χ2n) is 15.4. The fraction of sp³-hybridized carbons (Fsp3) is 0.541. The summed E-state index contributed by atoms with van der Waals surface area (Å²) in [6.45, 7) is 24.1. The number of halogens is 2. The van der Waals surface area contributed by atoms with Gasteiger partial charge >= 0.3 is 242 Å². The van der Waals surface area contributed by atoms with Crippen molar-refractivity contribution in [2.45, 2.75) is 119 Å². The summed E-state index contributed by atoms with van der Waals surface area (Å²) >= 11 is -2.35. The maximum absolute atomic E-state index is 2.70. The summed E-state index contributed by atoms with van der Waals surface area (Å²) in [6, 6.07) is 12.4. The predicted molar refractivity (Wildman–Crippen MR) is 165 cm³/mol. The van der Waals surface area contributed by atoms with Crippen molar-refractivity contribution in [1.82, 2.24) is 0 Å². The van der Waals surface area contributed by atoms with Crippen LogP contribution in [-0.2, 0) is 38.5 Å². The van der Waals surface area contributed by atoms with Crippen LogP contribution in [0.5, 0.6) is 0 Å². The Morgan fingerprint density at radius 3 is 1.90 bits per heavy atom. The van der Waals surface area contributed by atoms with Crippen LogP contribution in [0.15, 0.2) is 51.3 Å². The molecule has 0 radical (unpaired) electrons. The Balaban J connectivity index is 0.00000220. The molecule has 3 heteroatoms. The molecule has 216 valence electrons. The third-order valence-electron chi connectivity index (χ3n) is 9.20. The van der Waals surface area contributed by atoms with E-state index in [2.05, 4.69) is 112 Å². The number of hydrogen-bond acceptors (Lipinski definition) is 0. The smallest absolute Gasteiger partial charge is 1.00 e. The minimum absolute atomic E-state index is 0. The third kappa shape index (κ3) is 6.43. The number of hydrogen-bond donors (Lipinski definition) is 0. The Morgan fingerprint density at radius 2 is 1.35 bits per heavy atom. The van der Waals surface area contributed by atoms with Gasteiger partial charge in [0.05, 0.1) is 0 Å². The zero-order chi connectivity index (χ0) is 27.6. The van der Waals surface area contributed by atoms with Gasteiger partial charge in [0.15, 0.2) is 0 Å². The van der Waals surface area contributed by atoms with Crippen LogP contribution in [0, 0.1) is 11.3 Å². The Morgan fingerprint density at radius 1 is 0.725 bits per heavy atom. The zero-order valence-electron chi connectivity index (χ0n) is 26.6. The fourth-order valence-electron chi connectivity index (χ4n) is 6.88. The fourth-order valence-corrected chi connectivity index (χ4v) is 16.7. The van der Waals surface area contributed by atoms with Gasteiger partial charge in [-0.2, -0.15) is 0 Å². The van der Waals surface area contributed by atoms with Crippen molar-refractivity contribution in [1.29, 1.82) is 0 Å². The Hall–Kier alpha value is -0.747. The normalized spacial score (nSPS) is 18.5. The van der Waals surface area contributed by atoms with Crippen molar-refractivity contribution in [3.63, 3.8) is 0 Å². The summed E-state index contributed by atoms with van der Waals surface area (Å²) in [6.07, 6.45) is 13.4. The quantitative estimate of drug-likeness (QED) is 0.395. The van der Waals surface area contributed by atoms with Gasteiger partial charge in [-0.25, -0.2) is 0 Å². The molecular weight excluding hydrogens is 607 g/mol. The van der Waals surface area contributed by atoms with Crippen LogP contribution < -0.4 is 28.1 Å². The first-order chi connectivity index (χ1) is 17.7. The summed E-state index contributed by atoms with van der Waals surface area (Å²) in [5.41, 5.74) is 11.5. The van der Waals surface area contributed by atoms with Gasteiger partial charge in [-0.1, -0.05) is 0 Å². The maximum Gasteiger partial charge on any atom is -1.00 e. The second-order valence-corrected chi connectivity index (χ2v) is 21.6. The van der Waals surface area contributed by atoms with Gasteiger partial charge in [0.2, 0.25) is 0 Å². The molecule has 0 nitrogen and oxygen atoms in total. The van der Waals surface area contributed by atoms with Crippen LogP contribution in [0.3, 0.4) is 0 Å². The molecule has 1 saturated carbocycles. The minimum atomic E-state index is -2.35. The largest absolute Gasteiger partial charge is 1.00 e. The molecule has 0 N–H and O–H groups in total. The summed E-state index contributed by atoms with van der Waals surface area (Å²) in [5.74, 6) is 0.577. The van der Waals surface area contributed by atoms with Crippen molar-refractivity contribution < 1.29 is 46.1 Å². The first kappa shape index (κ1) is 33.8. The number of benzene rings is 2. The van der Waals surface area contributed by atoms with Crippen molar-refractivity contribution in [3.8, 4) is 11.1 Å². The topological polar surface area (TPSA) is 0 Å². The van der Waals surface area contributed by atoms with Gasteiger partial charge in [0.1, 0.15) is 0 Å². The molecule has 0 saturated heterocycles. The minimum Gasteiger partial charge on any atom is -1.00 e. The van der Waals surface area contributed by atoms with Gasteiger partial charge < -0.3 is 24.8 Å². The van der Waals surface area contributed by atoms with E-state index in [4.69, 9.17) is 0 Å². The monoisotopic (exact) mass is 654 g/mol. The van der Waals surface area contributed by atoms with E-state index >= 15 is 0 Å². The molecular formula is C37H50Cl2Zr. The molecule has 0 aromatic heterocycles. The Kier molecular flexibility index (Phi) is 10.2. The van der Waals surface area contributed by atoms with E-state index < -0.39 is 21.3 Å². The average Bonchev–Trinajstić information content (AvgIpc) is 3.39. The average molecular weight is 657 g/mol. The van der Waals surface area contributed by atoms with Crippen LogP contribution in [0.4, 0.5) is 0 Å². The zero-order valence-corrected chi connectivity index (χ0v) is 30.6. The van der Waals surface area contributed by atoms with Crippen molar-refractivity contribution >= 4 is 6.48 Å². The molecule has 0 spiro atoms. The molecule has 3 aliphatic rings. The second kappa shape index (κ2) is 12.1. The summed E-state index contributed by atoms with van der Waals surface area (Å²) in [5, 5.41) is 0. The molecule has 1 atom stereocenters. The van der Waals surface area contributed by atoms with Crippen LogP contribution in [0.1, 0.15) is 124 Å². The van der Waals surface area contributed by atoms with Crippen LogP contribution in [0.25, 0.3) is 11.1 Å². The summed E-state index contributed by atoms with van der Waals surface area (Å²) in [7, 11) is 0. The SMILES string of the molecule is CC1C=C(C(C)(C)C)C=[C]1[Zr+2](=[C]1CCCCC1)[c]1c(C(C)(C)C)ccc2c1Cc1cc(C(C)(C)C)ccc1-2.[Cl-].[Cl-]. The van der Waals surface area contributed by atoms with E-state index in [1.54, 1.807) is 22.3 Å². The van der Waals surface area contributed by atoms with E-state index in [-0.39, 0.29) is 41.1 Å². The molecule has 5 rings (SSSR count). The Labute approximate surface area is 265 Å². The van der Waals surface area contributed by atoms with Crippen LogP contribution >= 0.6 is 0 Å². The number of fused-ring (bicyclic) bond motifs is 3. The number of rotatable bonds is 2. The predicted octanol–water partition coefficient (Wildman–Crippen LogP) is 3.75. The van der Waals surface area contributed by atoms with Crippen LogP contribution in [-0.4, -0.2) is 3.21 Å². The molecule has 2 aromatic rings. The molecule has 1 fully saturated rings. The molecule has 0 amide bonds. The molecule has 3 aliphatic carbocycles. The molecule has 40 heavy (non-hydrogen) atoms. The van der Waals surface area contributed by atoms with E-state index in [9.17, 15) is 0 Å². The molecule has 0 bridgehead atoms. The molecule has 1 unspecified atom stereocenters. The van der Waals surface area contributed by atoms with Gasteiger partial charge in [0, 0.05) is 0 Å². The van der Waals surface area contributed by atoms with Crippen molar-refractivity contribution in [2.75, 3.05) is 0 Å². The summed E-state index contributed by atoms with van der Waals surface area (Å²) in [4.78, 5) is 0. The van der Waals surface area contributed by atoms with E-state index in [1.807, 2.05) is 9.76 Å². The Bertz CT molecular complexity index is 1360. The third-order valence-corrected chi connectivity index (χ3v) is 17.7. The summed E-state index contributed by atoms with van der Waals surface area (Å²) < 4.78 is 5.69. The molecule has 0 aliphatic heterocycles. The first-order valence-electron chi connectivity index (χ1n) is 15.1. The maximum atomic E-state index is 2.70. The van der Waals surface area contributed by atoms with Gasteiger partial charge in [-0.15, -0.1) is 0 Å². The number of allylic oxidation sites excluding steroid dienone is 4. The van der Waals surface area contributed by atoms with Gasteiger partial charge in [0.25, 0.3) is 0 Å². The van der Waals surface area contributed by atoms with Gasteiger partial charge in [-0.05, 0) is 0 Å². The van der Waals surface area contributed by atoms with E-state index in [1.165, 1.54) is 48.8 Å². The molecule has 0 heterocycles. The van der Waals surface area contributed by atoms with Gasteiger partial charge in [-0.3, -0.25) is 0 Å². The van der Waals surface area contributed by atoms with Crippen molar-refractivity contribution in [3.05, 3.63) is 73.6 Å². The molecule has 2 aromatic carbocycles. The van der Waals surface area contributed by atoms with Crippen LogP contribution in [0.2, 0.25) is 0 Å². The first-order valence-corrected chi connectivity index (χ1v) is 18.8. The van der Waals surface area contributed by atoms with E-state index in [0.29, 0.717) is 5.92 Å². The standard InChI is InChI=1S/C21H25.C10H15.C6H10.2ClH.Zr/c1-20(2,3)16-7-9-18-14(12-16)11-15-13-17(21(4,5)6)8-10-19(15)18;1-8-5-6-9(7-8)10(2,3)4;1-2-4-6-5-3-1;;;/h7-10,12H,11H2,1-6H3;6-8H,1-4H3;1-5H2;2*1H;/q;;;;;+2/p-2. The van der Waals surface area contributed by atoms with E-state index in [0.717, 1.165) is 6.42 Å².